The summed E-state index contributed by atoms with van der Waals surface area (Å²) in [6, 6.07) is 10.5. The number of hydrogen-bond donors (Lipinski definition) is 3. The lowest BCUT2D eigenvalue weighted by Gasteiger charge is -2.10. The van der Waals surface area contributed by atoms with Crippen LogP contribution in [0.4, 0.5) is 5.69 Å². The summed E-state index contributed by atoms with van der Waals surface area (Å²) in [4.78, 5) is 23.4. The van der Waals surface area contributed by atoms with Gasteiger partial charge in [0, 0.05) is 24.7 Å². The number of amides is 2. The van der Waals surface area contributed by atoms with E-state index in [1.54, 1.807) is 31.2 Å². The van der Waals surface area contributed by atoms with Crippen LogP contribution in [0.1, 0.15) is 23.0 Å². The molecule has 0 saturated heterocycles. The van der Waals surface area contributed by atoms with Crippen molar-refractivity contribution in [3.05, 3.63) is 54.0 Å². The molecule has 1 atom stereocenters. The molecular formula is C16H20ClN3O3. The predicted molar refractivity (Wildman–Crippen MR) is 90.4 cm³/mol. The fourth-order valence-electron chi connectivity index (χ4n) is 1.78. The zero-order chi connectivity index (χ0) is 15.9. The Bertz CT molecular complexity index is 627. The molecule has 0 aliphatic rings. The van der Waals surface area contributed by atoms with Gasteiger partial charge in [-0.05, 0) is 29.8 Å². The molecule has 2 aromatic rings. The summed E-state index contributed by atoms with van der Waals surface area (Å²) in [6.07, 6.45) is 1.45. The van der Waals surface area contributed by atoms with Crippen molar-refractivity contribution >= 4 is 29.9 Å². The lowest BCUT2D eigenvalue weighted by atomic mass is 10.1. The van der Waals surface area contributed by atoms with E-state index < -0.39 is 0 Å². The second kappa shape index (κ2) is 8.97. The van der Waals surface area contributed by atoms with Gasteiger partial charge in [-0.1, -0.05) is 19.1 Å². The molecule has 0 aliphatic heterocycles. The van der Waals surface area contributed by atoms with Crippen LogP contribution in [-0.4, -0.2) is 18.4 Å². The molecular weight excluding hydrogens is 318 g/mol. The van der Waals surface area contributed by atoms with Crippen molar-refractivity contribution in [2.24, 2.45) is 11.7 Å². The van der Waals surface area contributed by atoms with Crippen molar-refractivity contribution in [2.45, 2.75) is 13.5 Å². The van der Waals surface area contributed by atoms with Crippen molar-refractivity contribution in [2.75, 3.05) is 11.9 Å². The van der Waals surface area contributed by atoms with Gasteiger partial charge in [0.2, 0.25) is 5.91 Å². The van der Waals surface area contributed by atoms with Crippen molar-refractivity contribution in [3.8, 4) is 0 Å². The third-order valence-corrected chi connectivity index (χ3v) is 3.22. The lowest BCUT2D eigenvalue weighted by molar-refractivity contribution is -0.124. The van der Waals surface area contributed by atoms with Gasteiger partial charge in [0.25, 0.3) is 5.91 Å². The molecule has 6 nitrogen and oxygen atoms in total. The maximum Gasteiger partial charge on any atom is 0.291 e. The van der Waals surface area contributed by atoms with E-state index in [9.17, 15) is 9.59 Å². The van der Waals surface area contributed by atoms with Gasteiger partial charge in [-0.2, -0.15) is 0 Å². The second-order valence-corrected chi connectivity index (χ2v) is 4.98. The first-order valence-corrected chi connectivity index (χ1v) is 7.01. The minimum absolute atomic E-state index is 0. The summed E-state index contributed by atoms with van der Waals surface area (Å²) in [6.45, 7) is 2.53. The number of carbonyl (C=O) groups is 2. The van der Waals surface area contributed by atoms with Crippen LogP contribution in [-0.2, 0) is 11.3 Å². The fraction of sp³-hybridized carbons (Fsp3) is 0.250. The largest absolute Gasteiger partial charge is 0.459 e. The monoisotopic (exact) mass is 337 g/mol. The quantitative estimate of drug-likeness (QED) is 0.752. The molecule has 0 spiro atoms. The summed E-state index contributed by atoms with van der Waals surface area (Å²) in [5, 5.41) is 5.54. The molecule has 1 unspecified atom stereocenters. The van der Waals surface area contributed by atoms with E-state index in [0.717, 1.165) is 5.56 Å². The summed E-state index contributed by atoms with van der Waals surface area (Å²) in [5.41, 5.74) is 7.04. The highest BCUT2D eigenvalue weighted by Crippen LogP contribution is 2.12. The molecule has 0 fully saturated rings. The number of nitrogens with two attached hydrogens (primary N) is 1. The predicted octanol–water partition coefficient (Wildman–Crippen LogP) is 2.16. The van der Waals surface area contributed by atoms with Gasteiger partial charge in [0.15, 0.2) is 5.76 Å². The molecule has 0 aliphatic carbocycles. The molecule has 1 heterocycles. The van der Waals surface area contributed by atoms with Gasteiger partial charge < -0.3 is 20.8 Å². The normalized spacial score (nSPS) is 11.2. The Balaban J connectivity index is 0.00000264. The number of halogens is 1. The Morgan fingerprint density at radius 2 is 1.91 bits per heavy atom. The van der Waals surface area contributed by atoms with E-state index in [-0.39, 0.29) is 35.9 Å². The highest BCUT2D eigenvalue weighted by atomic mass is 35.5. The Hall–Kier alpha value is -2.31. The van der Waals surface area contributed by atoms with Crippen LogP contribution in [0.25, 0.3) is 0 Å². The SMILES string of the molecule is CC(CN)C(=O)NCc1ccc(NC(=O)c2ccco2)cc1.Cl. The zero-order valence-electron chi connectivity index (χ0n) is 12.7. The Morgan fingerprint density at radius 1 is 1.22 bits per heavy atom. The van der Waals surface area contributed by atoms with E-state index >= 15 is 0 Å². The summed E-state index contributed by atoms with van der Waals surface area (Å²) in [5.74, 6) is -0.320. The minimum atomic E-state index is -0.303. The van der Waals surface area contributed by atoms with Crippen molar-refractivity contribution < 1.29 is 14.0 Å². The van der Waals surface area contributed by atoms with E-state index in [0.29, 0.717) is 18.8 Å². The van der Waals surface area contributed by atoms with Crippen LogP contribution >= 0.6 is 12.4 Å². The Kier molecular flexibility index (Phi) is 7.31. The third kappa shape index (κ3) is 5.43. The van der Waals surface area contributed by atoms with Crippen molar-refractivity contribution in [1.82, 2.24) is 5.32 Å². The van der Waals surface area contributed by atoms with Crippen LogP contribution in [0.3, 0.4) is 0 Å². The van der Waals surface area contributed by atoms with Crippen LogP contribution < -0.4 is 16.4 Å². The molecule has 7 heteroatoms. The van der Waals surface area contributed by atoms with Gasteiger partial charge >= 0.3 is 0 Å². The molecule has 0 saturated carbocycles. The average Bonchev–Trinajstić information content (AvgIpc) is 3.07. The number of nitrogens with one attached hydrogen (secondary N) is 2. The minimum Gasteiger partial charge on any atom is -0.459 e. The van der Waals surface area contributed by atoms with E-state index in [2.05, 4.69) is 10.6 Å². The van der Waals surface area contributed by atoms with E-state index in [4.69, 9.17) is 10.2 Å². The molecule has 1 aromatic carbocycles. The number of rotatable bonds is 6. The van der Waals surface area contributed by atoms with Gasteiger partial charge in [0.1, 0.15) is 0 Å². The Morgan fingerprint density at radius 3 is 2.48 bits per heavy atom. The molecule has 2 amide bonds. The first-order valence-electron chi connectivity index (χ1n) is 7.01. The first kappa shape index (κ1) is 18.7. The van der Waals surface area contributed by atoms with Gasteiger partial charge in [-0.3, -0.25) is 9.59 Å². The fourth-order valence-corrected chi connectivity index (χ4v) is 1.78. The Labute approximate surface area is 140 Å². The van der Waals surface area contributed by atoms with Gasteiger partial charge in [-0.15, -0.1) is 12.4 Å². The standard InChI is InChI=1S/C16H19N3O3.ClH/c1-11(9-17)15(20)18-10-12-4-6-13(7-5-12)19-16(21)14-3-2-8-22-14;/h2-8,11H,9-10,17H2,1H3,(H,18,20)(H,19,21);1H. The van der Waals surface area contributed by atoms with Crippen LogP contribution in [0.15, 0.2) is 47.1 Å². The smallest absolute Gasteiger partial charge is 0.291 e. The highest BCUT2D eigenvalue weighted by Gasteiger charge is 2.10. The molecule has 23 heavy (non-hydrogen) atoms. The number of furan rings is 1. The molecule has 2 rings (SSSR count). The van der Waals surface area contributed by atoms with Gasteiger partial charge in [-0.25, -0.2) is 0 Å². The topological polar surface area (TPSA) is 97.4 Å². The zero-order valence-corrected chi connectivity index (χ0v) is 13.6. The molecule has 4 N–H and O–H groups in total. The summed E-state index contributed by atoms with van der Waals surface area (Å²) >= 11 is 0. The van der Waals surface area contributed by atoms with E-state index in [1.165, 1.54) is 6.26 Å². The van der Waals surface area contributed by atoms with Crippen LogP contribution in [0, 0.1) is 5.92 Å². The third-order valence-electron chi connectivity index (χ3n) is 3.22. The number of benzene rings is 1. The average molecular weight is 338 g/mol. The molecule has 0 bridgehead atoms. The highest BCUT2D eigenvalue weighted by molar-refractivity contribution is 6.02. The lowest BCUT2D eigenvalue weighted by Crippen LogP contribution is -2.32. The van der Waals surface area contributed by atoms with Crippen LogP contribution in [0.2, 0.25) is 0 Å². The maximum absolute atomic E-state index is 11.8. The first-order chi connectivity index (χ1) is 10.6. The number of carbonyl (C=O) groups excluding carboxylic acids is 2. The summed E-state index contributed by atoms with van der Waals surface area (Å²) in [7, 11) is 0. The second-order valence-electron chi connectivity index (χ2n) is 4.98. The maximum atomic E-state index is 11.8. The van der Waals surface area contributed by atoms with Crippen molar-refractivity contribution in [1.29, 1.82) is 0 Å². The van der Waals surface area contributed by atoms with Gasteiger partial charge in [0.05, 0.1) is 6.26 Å². The molecule has 124 valence electrons. The molecule has 1 aromatic heterocycles. The van der Waals surface area contributed by atoms with Crippen LogP contribution in [0.5, 0.6) is 0 Å². The number of anilines is 1. The van der Waals surface area contributed by atoms with Crippen molar-refractivity contribution in [3.63, 3.8) is 0 Å². The summed E-state index contributed by atoms with van der Waals surface area (Å²) < 4.78 is 5.02. The van der Waals surface area contributed by atoms with E-state index in [1.807, 2.05) is 12.1 Å². The number of hydrogen-bond acceptors (Lipinski definition) is 4. The molecule has 0 radical (unpaired) electrons.